The van der Waals surface area contributed by atoms with Crippen LogP contribution in [0.25, 0.3) is 0 Å². The Kier molecular flexibility index (Phi) is 87.8. The predicted octanol–water partition coefficient (Wildman–Crippen LogP) is 32.1. The van der Waals surface area contributed by atoms with Gasteiger partial charge in [-0.2, -0.15) is 0 Å². The normalized spacial score (nSPS) is 11.8. The minimum atomic E-state index is 0.374. The van der Waals surface area contributed by atoms with Crippen molar-refractivity contribution in [3.8, 4) is 0 Å². The Labute approximate surface area is 566 Å². The van der Waals surface area contributed by atoms with Crippen LogP contribution in [0.15, 0.2) is 0 Å². The summed E-state index contributed by atoms with van der Waals surface area (Å²) >= 11 is 0. The van der Waals surface area contributed by atoms with Gasteiger partial charge in [-0.15, -0.1) is 0 Å². The van der Waals surface area contributed by atoms with Crippen molar-refractivity contribution < 1.29 is 10.2 Å². The summed E-state index contributed by atoms with van der Waals surface area (Å²) in [6, 6.07) is 0. The van der Waals surface area contributed by atoms with Crippen molar-refractivity contribution in [2.24, 2.45) is 0 Å². The Balaban J connectivity index is 3.08. The number of unbranched alkanes of at least 4 members (excludes halogenated alkanes) is 84. The van der Waals surface area contributed by atoms with Crippen molar-refractivity contribution in [3.05, 3.63) is 0 Å². The SMILES string of the molecule is OCCCCCCCCCCCCCCCCCCCCCCCCCCCCCCCCCCCCCCCCCCCCCCCCCCCCCCCCCCCCCCCCCCCCCCCCCCCCCCCCCCCCCCCO. The fraction of sp³-hybridized carbons (Fsp3) is 1.00. The lowest BCUT2D eigenvalue weighted by atomic mass is 10.0. The number of rotatable bonds is 86. The molecule has 0 heterocycles. The van der Waals surface area contributed by atoms with Gasteiger partial charge in [0.05, 0.1) is 0 Å². The summed E-state index contributed by atoms with van der Waals surface area (Å²) in [5, 5.41) is 17.7. The molecule has 536 valence electrons. The fourth-order valence-electron chi connectivity index (χ4n) is 14.9. The molecule has 2 N–H and O–H groups in total. The van der Waals surface area contributed by atoms with Crippen molar-refractivity contribution in [2.75, 3.05) is 13.2 Å². The molecule has 0 aromatic carbocycles. The van der Waals surface area contributed by atoms with E-state index in [1.165, 1.54) is 533 Å². The van der Waals surface area contributed by atoms with Gasteiger partial charge in [-0.1, -0.05) is 533 Å². The van der Waals surface area contributed by atoms with E-state index in [9.17, 15) is 0 Å². The van der Waals surface area contributed by atoms with E-state index >= 15 is 0 Å². The lowest BCUT2D eigenvalue weighted by molar-refractivity contribution is 0.282. The molecule has 0 atom stereocenters. The maximum atomic E-state index is 8.85. The van der Waals surface area contributed by atoms with Crippen molar-refractivity contribution in [3.63, 3.8) is 0 Å². The number of hydrogen-bond donors (Lipinski definition) is 2. The highest BCUT2D eigenvalue weighted by molar-refractivity contribution is 4.58. The second kappa shape index (κ2) is 87.9. The van der Waals surface area contributed by atoms with Gasteiger partial charge in [-0.25, -0.2) is 0 Å². The molecular weight excluding hydrogens is 1080 g/mol. The van der Waals surface area contributed by atoms with Gasteiger partial charge in [0, 0.05) is 13.2 Å². The van der Waals surface area contributed by atoms with E-state index < -0.39 is 0 Å². The highest BCUT2D eigenvalue weighted by atomic mass is 16.3. The number of aliphatic hydroxyl groups is 2. The van der Waals surface area contributed by atoms with Gasteiger partial charge >= 0.3 is 0 Å². The molecule has 0 aromatic rings. The Morgan fingerprint density at radius 2 is 0.0899 bits per heavy atom. The summed E-state index contributed by atoms with van der Waals surface area (Å²) in [5.74, 6) is 0. The van der Waals surface area contributed by atoms with Gasteiger partial charge < -0.3 is 10.2 Å². The molecule has 0 saturated heterocycles. The first-order chi connectivity index (χ1) is 44.4. The molecule has 0 rings (SSSR count). The van der Waals surface area contributed by atoms with Crippen LogP contribution in [0.4, 0.5) is 0 Å². The highest BCUT2D eigenvalue weighted by Crippen LogP contribution is 2.22. The van der Waals surface area contributed by atoms with E-state index in [1.807, 2.05) is 0 Å². The van der Waals surface area contributed by atoms with E-state index in [0.29, 0.717) is 13.2 Å². The van der Waals surface area contributed by atoms with E-state index in [2.05, 4.69) is 0 Å². The Bertz CT molecular complexity index is 1050. The van der Waals surface area contributed by atoms with Gasteiger partial charge in [0.15, 0.2) is 0 Å². The largest absolute Gasteiger partial charge is 0.396 e. The third kappa shape index (κ3) is 87.9. The summed E-state index contributed by atoms with van der Waals surface area (Å²) in [6.07, 6.45) is 124. The monoisotopic (exact) mass is 1250 g/mol. The van der Waals surface area contributed by atoms with Gasteiger partial charge in [0.1, 0.15) is 0 Å². The molecular formula is C87H176O2. The summed E-state index contributed by atoms with van der Waals surface area (Å²) < 4.78 is 0. The standard InChI is InChI=1S/C87H176O2/c88-86-84-82-80-78-76-74-72-70-68-66-64-62-60-58-56-54-52-50-48-46-44-42-40-38-36-34-32-30-28-26-24-22-20-18-16-14-12-10-8-6-4-2-1-3-5-7-9-11-13-15-17-19-21-23-25-27-29-31-33-35-37-39-41-43-45-47-49-51-53-55-57-59-61-63-65-67-69-71-73-75-77-79-81-83-85-87-89/h88-89H,1-87H2. The highest BCUT2D eigenvalue weighted by Gasteiger charge is 2.03. The minimum Gasteiger partial charge on any atom is -0.396 e. The van der Waals surface area contributed by atoms with Crippen LogP contribution < -0.4 is 0 Å². The first-order valence-electron chi connectivity index (χ1n) is 43.6. The van der Waals surface area contributed by atoms with Crippen LogP contribution in [0.2, 0.25) is 0 Å². The topological polar surface area (TPSA) is 40.5 Å². The van der Waals surface area contributed by atoms with Gasteiger partial charge in [-0.3, -0.25) is 0 Å². The summed E-state index contributed by atoms with van der Waals surface area (Å²) in [6.45, 7) is 0.749. The Morgan fingerprint density at radius 3 is 0.124 bits per heavy atom. The molecule has 0 unspecified atom stereocenters. The van der Waals surface area contributed by atoms with Crippen molar-refractivity contribution in [1.82, 2.24) is 0 Å². The van der Waals surface area contributed by atoms with Crippen molar-refractivity contribution >= 4 is 0 Å². The lowest BCUT2D eigenvalue weighted by Gasteiger charge is -2.05. The fourth-order valence-corrected chi connectivity index (χ4v) is 14.9. The second-order valence-corrected chi connectivity index (χ2v) is 30.5. The summed E-state index contributed by atoms with van der Waals surface area (Å²) in [5.41, 5.74) is 0. The third-order valence-electron chi connectivity index (χ3n) is 21.3. The van der Waals surface area contributed by atoms with Crippen LogP contribution in [0, 0.1) is 0 Å². The van der Waals surface area contributed by atoms with Crippen LogP contribution in [0.1, 0.15) is 546 Å². The zero-order chi connectivity index (χ0) is 63.5. The average Bonchev–Trinajstić information content (AvgIpc) is 3.54. The van der Waals surface area contributed by atoms with Crippen molar-refractivity contribution in [1.29, 1.82) is 0 Å². The van der Waals surface area contributed by atoms with Gasteiger partial charge in [0.25, 0.3) is 0 Å². The number of aliphatic hydroxyl groups excluding tert-OH is 2. The lowest BCUT2D eigenvalue weighted by Crippen LogP contribution is -1.85. The smallest absolute Gasteiger partial charge is 0.0431 e. The molecule has 0 fully saturated rings. The van der Waals surface area contributed by atoms with Gasteiger partial charge in [0.2, 0.25) is 0 Å². The van der Waals surface area contributed by atoms with Crippen molar-refractivity contribution in [2.45, 2.75) is 546 Å². The van der Waals surface area contributed by atoms with E-state index in [4.69, 9.17) is 10.2 Å². The molecule has 0 radical (unpaired) electrons. The van der Waals surface area contributed by atoms with E-state index in [1.54, 1.807) is 0 Å². The molecule has 0 aliphatic rings. The van der Waals surface area contributed by atoms with Crippen LogP contribution in [-0.2, 0) is 0 Å². The van der Waals surface area contributed by atoms with Crippen LogP contribution >= 0.6 is 0 Å². The molecule has 2 nitrogen and oxygen atoms in total. The third-order valence-corrected chi connectivity index (χ3v) is 21.3. The molecule has 0 aromatic heterocycles. The van der Waals surface area contributed by atoms with Crippen LogP contribution in [0.5, 0.6) is 0 Å². The maximum absolute atomic E-state index is 8.85. The quantitative estimate of drug-likeness (QED) is 0.0596. The summed E-state index contributed by atoms with van der Waals surface area (Å²) in [4.78, 5) is 0. The molecule has 2 heteroatoms. The number of hydrogen-bond acceptors (Lipinski definition) is 2. The first-order valence-corrected chi connectivity index (χ1v) is 43.6. The average molecular weight is 1250 g/mol. The zero-order valence-corrected chi connectivity index (χ0v) is 62.4. The summed E-state index contributed by atoms with van der Waals surface area (Å²) in [7, 11) is 0. The molecule has 0 aliphatic heterocycles. The molecule has 0 amide bonds. The molecule has 0 saturated carbocycles. The molecule has 0 bridgehead atoms. The predicted molar refractivity (Wildman–Crippen MR) is 407 cm³/mol. The van der Waals surface area contributed by atoms with Crippen LogP contribution in [0.3, 0.4) is 0 Å². The van der Waals surface area contributed by atoms with Crippen LogP contribution in [-0.4, -0.2) is 23.4 Å². The zero-order valence-electron chi connectivity index (χ0n) is 62.4. The molecule has 0 spiro atoms. The first kappa shape index (κ1) is 88.9. The minimum absolute atomic E-state index is 0.374. The second-order valence-electron chi connectivity index (χ2n) is 30.5. The van der Waals surface area contributed by atoms with Gasteiger partial charge in [-0.05, 0) is 12.8 Å². The maximum Gasteiger partial charge on any atom is 0.0431 e. The molecule has 0 aliphatic carbocycles. The van der Waals surface area contributed by atoms with E-state index in [-0.39, 0.29) is 0 Å². The molecule has 89 heavy (non-hydrogen) atoms. The van der Waals surface area contributed by atoms with E-state index in [0.717, 1.165) is 12.8 Å². The Morgan fingerprint density at radius 1 is 0.0562 bits per heavy atom. The Hall–Kier alpha value is -0.0800.